The van der Waals surface area contributed by atoms with Crippen molar-refractivity contribution in [3.8, 4) is 5.69 Å². The minimum Gasteiger partial charge on any atom is -0.393 e. The zero-order chi connectivity index (χ0) is 18.4. The first-order chi connectivity index (χ1) is 12.6. The van der Waals surface area contributed by atoms with E-state index in [-0.39, 0.29) is 11.8 Å². The Morgan fingerprint density at radius 3 is 2.42 bits per heavy atom. The van der Waals surface area contributed by atoms with E-state index in [0.717, 1.165) is 11.3 Å². The molecule has 2 aromatic carbocycles. The molecule has 0 fully saturated rings. The summed E-state index contributed by atoms with van der Waals surface area (Å²) in [5.41, 5.74) is 2.52. The van der Waals surface area contributed by atoms with Crippen LogP contribution in [-0.4, -0.2) is 33.4 Å². The van der Waals surface area contributed by atoms with Gasteiger partial charge in [0.25, 0.3) is 5.91 Å². The maximum Gasteiger partial charge on any atom is 0.254 e. The Labute approximate surface area is 153 Å². The van der Waals surface area contributed by atoms with Crippen LogP contribution in [0.1, 0.15) is 35.2 Å². The minimum absolute atomic E-state index is 0.0596. The lowest BCUT2D eigenvalue weighted by Gasteiger charge is -2.19. The van der Waals surface area contributed by atoms with Gasteiger partial charge in [-0.05, 0) is 31.0 Å². The lowest BCUT2D eigenvalue weighted by molar-refractivity contribution is 0.0945. The van der Waals surface area contributed by atoms with Crippen molar-refractivity contribution in [2.45, 2.75) is 25.4 Å². The number of nitrogens with zero attached hydrogens (tertiary/aromatic N) is 2. The van der Waals surface area contributed by atoms with Crippen LogP contribution in [0.5, 0.6) is 0 Å². The van der Waals surface area contributed by atoms with Crippen LogP contribution in [-0.2, 0) is 0 Å². The molecule has 2 atom stereocenters. The number of rotatable bonds is 7. The average Bonchev–Trinajstić information content (AvgIpc) is 3.16. The smallest absolute Gasteiger partial charge is 0.254 e. The number of aliphatic hydroxyl groups is 1. The number of amides is 1. The van der Waals surface area contributed by atoms with Gasteiger partial charge in [-0.3, -0.25) is 4.79 Å². The molecule has 5 nitrogen and oxygen atoms in total. The van der Waals surface area contributed by atoms with Crippen LogP contribution in [0.3, 0.4) is 0 Å². The molecule has 0 aliphatic carbocycles. The molecule has 1 heterocycles. The monoisotopic (exact) mass is 349 g/mol. The molecule has 2 unspecified atom stereocenters. The van der Waals surface area contributed by atoms with Gasteiger partial charge < -0.3 is 10.4 Å². The Morgan fingerprint density at radius 2 is 1.77 bits per heavy atom. The molecule has 134 valence electrons. The van der Waals surface area contributed by atoms with Gasteiger partial charge in [-0.15, -0.1) is 0 Å². The zero-order valence-electron chi connectivity index (χ0n) is 14.7. The second-order valence-corrected chi connectivity index (χ2v) is 6.41. The van der Waals surface area contributed by atoms with Crippen molar-refractivity contribution in [2.75, 3.05) is 6.54 Å². The van der Waals surface area contributed by atoms with Crippen LogP contribution >= 0.6 is 0 Å². The summed E-state index contributed by atoms with van der Waals surface area (Å²) in [6.07, 6.45) is 3.44. The van der Waals surface area contributed by atoms with Crippen molar-refractivity contribution in [2.24, 2.45) is 0 Å². The first-order valence-electron chi connectivity index (χ1n) is 8.75. The summed E-state index contributed by atoms with van der Waals surface area (Å²) in [6.45, 7) is 2.23. The molecule has 0 spiro atoms. The predicted octanol–water partition coefficient (Wildman–Crippen LogP) is 3.16. The Hall–Kier alpha value is -2.92. The Bertz CT molecular complexity index is 829. The van der Waals surface area contributed by atoms with Crippen LogP contribution in [0.2, 0.25) is 0 Å². The third-order valence-corrected chi connectivity index (χ3v) is 4.27. The van der Waals surface area contributed by atoms with Gasteiger partial charge in [-0.25, -0.2) is 4.68 Å². The maximum absolute atomic E-state index is 12.5. The van der Waals surface area contributed by atoms with Gasteiger partial charge in [-0.2, -0.15) is 5.10 Å². The number of aliphatic hydroxyl groups excluding tert-OH is 1. The van der Waals surface area contributed by atoms with E-state index in [0.29, 0.717) is 18.5 Å². The molecule has 0 saturated carbocycles. The summed E-state index contributed by atoms with van der Waals surface area (Å²) in [7, 11) is 0. The Balaban J connectivity index is 1.66. The van der Waals surface area contributed by atoms with E-state index < -0.39 is 6.10 Å². The molecule has 1 amide bonds. The number of benzene rings is 2. The molecule has 3 rings (SSSR count). The summed E-state index contributed by atoms with van der Waals surface area (Å²) in [4.78, 5) is 12.5. The predicted molar refractivity (Wildman–Crippen MR) is 101 cm³/mol. The molecular formula is C21H23N3O2. The molecular weight excluding hydrogens is 326 g/mol. The van der Waals surface area contributed by atoms with Gasteiger partial charge in [0.1, 0.15) is 0 Å². The maximum atomic E-state index is 12.5. The van der Waals surface area contributed by atoms with Crippen molar-refractivity contribution in [1.29, 1.82) is 0 Å². The fourth-order valence-corrected chi connectivity index (χ4v) is 2.95. The van der Waals surface area contributed by atoms with Crippen molar-refractivity contribution < 1.29 is 9.90 Å². The van der Waals surface area contributed by atoms with Gasteiger partial charge in [0.05, 0.1) is 23.6 Å². The standard InChI is InChI=1S/C21H23N3O2/c1-16(25)12-18(17-8-4-2-5-9-17)13-22-21(26)19-14-23-24(15-19)20-10-6-3-7-11-20/h2-11,14-16,18,25H,12-13H2,1H3,(H,22,26). The van der Waals surface area contributed by atoms with Crippen molar-refractivity contribution >= 4 is 5.91 Å². The number of aromatic nitrogens is 2. The highest BCUT2D eigenvalue weighted by molar-refractivity contribution is 5.93. The topological polar surface area (TPSA) is 67.2 Å². The van der Waals surface area contributed by atoms with Gasteiger partial charge in [0, 0.05) is 18.7 Å². The number of carbonyl (C=O) groups excluding carboxylic acids is 1. The summed E-state index contributed by atoms with van der Waals surface area (Å²) in [5.74, 6) is -0.108. The highest BCUT2D eigenvalue weighted by atomic mass is 16.3. The summed E-state index contributed by atoms with van der Waals surface area (Å²) in [5, 5.41) is 17.0. The third kappa shape index (κ3) is 4.58. The van der Waals surface area contributed by atoms with Gasteiger partial charge in [0.15, 0.2) is 0 Å². The number of nitrogens with one attached hydrogen (secondary N) is 1. The molecule has 5 heteroatoms. The van der Waals surface area contributed by atoms with E-state index in [2.05, 4.69) is 10.4 Å². The Kier molecular flexibility index (Phi) is 5.81. The minimum atomic E-state index is -0.432. The van der Waals surface area contributed by atoms with Crippen LogP contribution in [0, 0.1) is 0 Å². The quantitative estimate of drug-likeness (QED) is 0.688. The number of hydrogen-bond donors (Lipinski definition) is 2. The summed E-state index contributed by atoms with van der Waals surface area (Å²) in [6, 6.07) is 19.6. The molecule has 0 saturated heterocycles. The molecule has 0 aliphatic rings. The average molecular weight is 349 g/mol. The van der Waals surface area contributed by atoms with E-state index in [1.54, 1.807) is 24.0 Å². The van der Waals surface area contributed by atoms with Crippen molar-refractivity contribution in [3.05, 3.63) is 84.2 Å². The second-order valence-electron chi connectivity index (χ2n) is 6.41. The molecule has 0 bridgehead atoms. The molecule has 3 aromatic rings. The van der Waals surface area contributed by atoms with Crippen LogP contribution in [0.4, 0.5) is 0 Å². The SMILES string of the molecule is CC(O)CC(CNC(=O)c1cnn(-c2ccccc2)c1)c1ccccc1. The first kappa shape index (κ1) is 17.9. The van der Waals surface area contributed by atoms with Gasteiger partial charge >= 0.3 is 0 Å². The molecule has 0 radical (unpaired) electrons. The lowest BCUT2D eigenvalue weighted by atomic mass is 9.93. The van der Waals surface area contributed by atoms with Crippen molar-refractivity contribution in [3.63, 3.8) is 0 Å². The van der Waals surface area contributed by atoms with Crippen molar-refractivity contribution in [1.82, 2.24) is 15.1 Å². The second kappa shape index (κ2) is 8.45. The van der Waals surface area contributed by atoms with Gasteiger partial charge in [-0.1, -0.05) is 48.5 Å². The summed E-state index contributed by atoms with van der Waals surface area (Å²) >= 11 is 0. The zero-order valence-corrected chi connectivity index (χ0v) is 14.7. The van der Waals surface area contributed by atoms with E-state index in [1.807, 2.05) is 60.7 Å². The van der Waals surface area contributed by atoms with E-state index >= 15 is 0 Å². The van der Waals surface area contributed by atoms with Crippen LogP contribution in [0.15, 0.2) is 73.1 Å². The Morgan fingerprint density at radius 1 is 1.12 bits per heavy atom. The normalized spacial score (nSPS) is 13.2. The number of hydrogen-bond acceptors (Lipinski definition) is 3. The third-order valence-electron chi connectivity index (χ3n) is 4.27. The first-order valence-corrected chi connectivity index (χ1v) is 8.75. The van der Waals surface area contributed by atoms with E-state index in [1.165, 1.54) is 0 Å². The highest BCUT2D eigenvalue weighted by Gasteiger charge is 2.16. The molecule has 26 heavy (non-hydrogen) atoms. The number of carbonyl (C=O) groups is 1. The summed E-state index contributed by atoms with van der Waals surface area (Å²) < 4.78 is 1.68. The molecule has 0 aliphatic heterocycles. The van der Waals surface area contributed by atoms with Crippen LogP contribution in [0.25, 0.3) is 5.69 Å². The highest BCUT2D eigenvalue weighted by Crippen LogP contribution is 2.20. The molecule has 2 N–H and O–H groups in total. The largest absolute Gasteiger partial charge is 0.393 e. The number of para-hydroxylation sites is 1. The van der Waals surface area contributed by atoms with E-state index in [9.17, 15) is 9.90 Å². The fraction of sp³-hybridized carbons (Fsp3) is 0.238. The van der Waals surface area contributed by atoms with Gasteiger partial charge in [0.2, 0.25) is 0 Å². The van der Waals surface area contributed by atoms with Crippen LogP contribution < -0.4 is 5.32 Å². The molecule has 1 aromatic heterocycles. The lowest BCUT2D eigenvalue weighted by Crippen LogP contribution is -2.29. The van der Waals surface area contributed by atoms with E-state index in [4.69, 9.17) is 0 Å². The fourth-order valence-electron chi connectivity index (χ4n) is 2.95.